The molecular weight excluding hydrogens is 332 g/mol. The Morgan fingerprint density at radius 1 is 1.19 bits per heavy atom. The summed E-state index contributed by atoms with van der Waals surface area (Å²) in [5, 5.41) is 18.3. The van der Waals surface area contributed by atoms with E-state index in [-0.39, 0.29) is 17.5 Å². The number of rotatable bonds is 5. The second-order valence-corrected chi connectivity index (χ2v) is 6.48. The molecule has 134 valence electrons. The van der Waals surface area contributed by atoms with Crippen LogP contribution in [-0.2, 0) is 4.79 Å². The number of carbonyl (C=O) groups excluding carboxylic acids is 1. The molecule has 2 N–H and O–H groups in total. The highest BCUT2D eigenvalue weighted by molar-refractivity contribution is 6.11. The van der Waals surface area contributed by atoms with Gasteiger partial charge in [0.1, 0.15) is 5.92 Å². The number of carbonyl (C=O) groups is 1. The van der Waals surface area contributed by atoms with Crippen LogP contribution >= 0.6 is 0 Å². The van der Waals surface area contributed by atoms with E-state index in [2.05, 4.69) is 15.8 Å². The van der Waals surface area contributed by atoms with Gasteiger partial charge in [0.2, 0.25) is 5.91 Å². The van der Waals surface area contributed by atoms with Crippen LogP contribution < -0.4 is 10.7 Å². The predicted octanol–water partition coefficient (Wildman–Crippen LogP) is 3.51. The summed E-state index contributed by atoms with van der Waals surface area (Å²) < 4.78 is 0. The van der Waals surface area contributed by atoms with E-state index >= 15 is 0 Å². The molecule has 1 amide bonds. The molecule has 2 unspecified atom stereocenters. The number of nitrogens with zero attached hydrogens (tertiary/aromatic N) is 2. The first-order valence-electron chi connectivity index (χ1n) is 8.40. The molecule has 1 aliphatic rings. The number of nitro groups is 1. The van der Waals surface area contributed by atoms with E-state index < -0.39 is 16.9 Å². The maximum Gasteiger partial charge on any atom is 0.269 e. The standard InChI is InChI=1S/C19H20N4O3/c1-12(2)17-16(19(24)20-14-8-4-3-5-9-14)18(22-21-17)13-7-6-10-15(11-13)23(25)26/h3-12,16,18,22H,1-2H3,(H,20,24). The summed E-state index contributed by atoms with van der Waals surface area (Å²) in [7, 11) is 0. The quantitative estimate of drug-likeness (QED) is 0.636. The minimum atomic E-state index is -0.544. The Labute approximate surface area is 151 Å². The van der Waals surface area contributed by atoms with E-state index in [1.165, 1.54) is 12.1 Å². The first kappa shape index (κ1) is 17.6. The van der Waals surface area contributed by atoms with Crippen molar-refractivity contribution in [3.8, 4) is 0 Å². The lowest BCUT2D eigenvalue weighted by molar-refractivity contribution is -0.384. The summed E-state index contributed by atoms with van der Waals surface area (Å²) in [6.07, 6.45) is 0. The van der Waals surface area contributed by atoms with Gasteiger partial charge in [0.25, 0.3) is 5.69 Å². The number of nitrogens with one attached hydrogen (secondary N) is 2. The zero-order valence-electron chi connectivity index (χ0n) is 14.5. The molecule has 0 aliphatic carbocycles. The van der Waals surface area contributed by atoms with Gasteiger partial charge in [-0.1, -0.05) is 44.2 Å². The Bertz CT molecular complexity index is 849. The normalized spacial score (nSPS) is 19.0. The van der Waals surface area contributed by atoms with Crippen molar-refractivity contribution < 1.29 is 9.72 Å². The summed E-state index contributed by atoms with van der Waals surface area (Å²) >= 11 is 0. The number of non-ortho nitro benzene ring substituents is 1. The van der Waals surface area contributed by atoms with Gasteiger partial charge in [-0.2, -0.15) is 5.10 Å². The van der Waals surface area contributed by atoms with Gasteiger partial charge in [-0.25, -0.2) is 0 Å². The molecule has 3 rings (SSSR count). The molecule has 2 aromatic rings. The molecule has 1 heterocycles. The van der Waals surface area contributed by atoms with E-state index in [9.17, 15) is 14.9 Å². The molecule has 2 atom stereocenters. The van der Waals surface area contributed by atoms with E-state index in [1.54, 1.807) is 12.1 Å². The number of nitro benzene ring substituents is 1. The average molecular weight is 352 g/mol. The van der Waals surface area contributed by atoms with Crippen LogP contribution in [-0.4, -0.2) is 16.5 Å². The molecule has 0 radical (unpaired) electrons. The minimum Gasteiger partial charge on any atom is -0.325 e. The van der Waals surface area contributed by atoms with Crippen LogP contribution in [0.2, 0.25) is 0 Å². The molecular formula is C19H20N4O3. The monoisotopic (exact) mass is 352 g/mol. The van der Waals surface area contributed by atoms with Crippen molar-refractivity contribution in [2.24, 2.45) is 16.9 Å². The Morgan fingerprint density at radius 2 is 1.92 bits per heavy atom. The fourth-order valence-corrected chi connectivity index (χ4v) is 3.07. The highest BCUT2D eigenvalue weighted by Crippen LogP contribution is 2.33. The summed E-state index contributed by atoms with van der Waals surface area (Å²) in [5.74, 6) is -0.667. The lowest BCUT2D eigenvalue weighted by Gasteiger charge is -2.22. The second-order valence-electron chi connectivity index (χ2n) is 6.48. The van der Waals surface area contributed by atoms with E-state index in [0.717, 1.165) is 5.71 Å². The molecule has 0 saturated heterocycles. The third-order valence-corrected chi connectivity index (χ3v) is 4.34. The van der Waals surface area contributed by atoms with Gasteiger partial charge in [-0.3, -0.25) is 14.9 Å². The predicted molar refractivity (Wildman–Crippen MR) is 99.8 cm³/mol. The van der Waals surface area contributed by atoms with Gasteiger partial charge in [-0.15, -0.1) is 0 Å². The van der Waals surface area contributed by atoms with E-state index in [0.29, 0.717) is 11.3 Å². The number of anilines is 1. The maximum absolute atomic E-state index is 13.0. The molecule has 0 aromatic heterocycles. The Morgan fingerprint density at radius 3 is 2.58 bits per heavy atom. The smallest absolute Gasteiger partial charge is 0.269 e. The van der Waals surface area contributed by atoms with Crippen molar-refractivity contribution in [1.82, 2.24) is 5.43 Å². The summed E-state index contributed by atoms with van der Waals surface area (Å²) in [4.78, 5) is 23.6. The van der Waals surface area contributed by atoms with Crippen LogP contribution in [0.4, 0.5) is 11.4 Å². The minimum absolute atomic E-state index is 0.00971. The van der Waals surface area contributed by atoms with Crippen molar-refractivity contribution in [1.29, 1.82) is 0 Å². The van der Waals surface area contributed by atoms with Crippen LogP contribution in [0.1, 0.15) is 25.5 Å². The number of para-hydroxylation sites is 1. The molecule has 7 nitrogen and oxygen atoms in total. The molecule has 2 aromatic carbocycles. The van der Waals surface area contributed by atoms with Gasteiger partial charge in [0, 0.05) is 17.8 Å². The van der Waals surface area contributed by atoms with Gasteiger partial charge < -0.3 is 10.7 Å². The summed E-state index contributed by atoms with van der Waals surface area (Å²) in [6, 6.07) is 15.1. The van der Waals surface area contributed by atoms with Crippen LogP contribution in [0.5, 0.6) is 0 Å². The Kier molecular flexibility index (Phi) is 4.97. The maximum atomic E-state index is 13.0. The summed E-state index contributed by atoms with van der Waals surface area (Å²) in [5.41, 5.74) is 5.07. The van der Waals surface area contributed by atoms with Gasteiger partial charge >= 0.3 is 0 Å². The van der Waals surface area contributed by atoms with Gasteiger partial charge in [-0.05, 0) is 23.6 Å². The fourth-order valence-electron chi connectivity index (χ4n) is 3.07. The largest absolute Gasteiger partial charge is 0.325 e. The van der Waals surface area contributed by atoms with Crippen LogP contribution in [0.15, 0.2) is 59.7 Å². The average Bonchev–Trinajstić information content (AvgIpc) is 3.08. The fraction of sp³-hybridized carbons (Fsp3) is 0.263. The molecule has 0 bridgehead atoms. The third-order valence-electron chi connectivity index (χ3n) is 4.34. The molecule has 0 spiro atoms. The number of amides is 1. The highest BCUT2D eigenvalue weighted by atomic mass is 16.6. The molecule has 26 heavy (non-hydrogen) atoms. The molecule has 0 saturated carbocycles. The van der Waals surface area contributed by atoms with Gasteiger partial charge in [0.05, 0.1) is 16.7 Å². The Hall–Kier alpha value is -3.22. The number of hydrogen-bond acceptors (Lipinski definition) is 5. The van der Waals surface area contributed by atoms with Crippen molar-refractivity contribution in [2.75, 3.05) is 5.32 Å². The Balaban J connectivity index is 1.91. The SMILES string of the molecule is CC(C)C1=NNC(c2cccc([N+](=O)[O-])c2)C1C(=O)Nc1ccccc1. The van der Waals surface area contributed by atoms with Gasteiger partial charge in [0.15, 0.2) is 0 Å². The second kappa shape index (κ2) is 7.35. The number of hydrogen-bond donors (Lipinski definition) is 2. The van der Waals surface area contributed by atoms with Crippen molar-refractivity contribution in [2.45, 2.75) is 19.9 Å². The lowest BCUT2D eigenvalue weighted by Crippen LogP contribution is -2.35. The third kappa shape index (κ3) is 3.56. The van der Waals surface area contributed by atoms with Crippen LogP contribution in [0.25, 0.3) is 0 Å². The lowest BCUT2D eigenvalue weighted by atomic mass is 9.85. The first-order chi connectivity index (χ1) is 12.5. The topological polar surface area (TPSA) is 96.6 Å². The van der Waals surface area contributed by atoms with Crippen molar-refractivity contribution in [3.63, 3.8) is 0 Å². The zero-order chi connectivity index (χ0) is 18.7. The summed E-state index contributed by atoms with van der Waals surface area (Å²) in [6.45, 7) is 3.94. The molecule has 0 fully saturated rings. The first-order valence-corrected chi connectivity index (χ1v) is 8.40. The zero-order valence-corrected chi connectivity index (χ0v) is 14.5. The number of hydrazone groups is 1. The van der Waals surface area contributed by atoms with Crippen molar-refractivity contribution in [3.05, 3.63) is 70.3 Å². The molecule has 1 aliphatic heterocycles. The highest BCUT2D eigenvalue weighted by Gasteiger charge is 2.39. The molecule has 7 heteroatoms. The van der Waals surface area contributed by atoms with E-state index in [4.69, 9.17) is 0 Å². The van der Waals surface area contributed by atoms with Crippen molar-refractivity contribution >= 4 is 23.0 Å². The van der Waals surface area contributed by atoms with Crippen LogP contribution in [0.3, 0.4) is 0 Å². The van der Waals surface area contributed by atoms with Crippen LogP contribution in [0, 0.1) is 22.0 Å². The van der Waals surface area contributed by atoms with E-state index in [1.807, 2.05) is 44.2 Å². The number of benzene rings is 2.